The van der Waals surface area contributed by atoms with Crippen molar-refractivity contribution in [3.05, 3.63) is 58.6 Å². The van der Waals surface area contributed by atoms with Crippen molar-refractivity contribution in [2.24, 2.45) is 0 Å². The highest BCUT2D eigenvalue weighted by molar-refractivity contribution is 6.32. The normalized spacial score (nSPS) is 10.9. The smallest absolute Gasteiger partial charge is 0.341 e. The molecule has 0 unspecified atom stereocenters. The number of ether oxygens (including phenoxy) is 3. The number of halogens is 1. The minimum atomic E-state index is -1.09. The quantitative estimate of drug-likeness (QED) is 0.489. The summed E-state index contributed by atoms with van der Waals surface area (Å²) in [5, 5.41) is 9.04. The number of carbonyl (C=O) groups is 2. The van der Waals surface area contributed by atoms with E-state index in [0.29, 0.717) is 33.4 Å². The number of allylic oxidation sites excluding steroid dienone is 1. The molecule has 2 rings (SSSR count). The minimum absolute atomic E-state index is 0.0648. The van der Waals surface area contributed by atoms with Crippen LogP contribution in [-0.2, 0) is 4.79 Å². The van der Waals surface area contributed by atoms with Gasteiger partial charge in [-0.15, -0.1) is 0 Å². The van der Waals surface area contributed by atoms with Crippen molar-refractivity contribution in [1.29, 1.82) is 0 Å². The Balaban J connectivity index is 2.19. The monoisotopic (exact) mass is 404 g/mol. The van der Waals surface area contributed by atoms with Crippen LogP contribution in [0.1, 0.15) is 29.8 Å². The first-order valence-corrected chi connectivity index (χ1v) is 8.89. The largest absolute Gasteiger partial charge is 0.493 e. The Kier molecular flexibility index (Phi) is 7.46. The fourth-order valence-corrected chi connectivity index (χ4v) is 2.60. The summed E-state index contributed by atoms with van der Waals surface area (Å²) in [6.07, 6.45) is 2.94. The van der Waals surface area contributed by atoms with Crippen LogP contribution >= 0.6 is 11.6 Å². The lowest BCUT2D eigenvalue weighted by molar-refractivity contribution is -0.139. The minimum Gasteiger partial charge on any atom is -0.493 e. The van der Waals surface area contributed by atoms with Gasteiger partial charge in [0.25, 0.3) is 0 Å². The number of benzene rings is 2. The summed E-state index contributed by atoms with van der Waals surface area (Å²) in [7, 11) is 1.51. The van der Waals surface area contributed by atoms with E-state index in [1.165, 1.54) is 19.3 Å². The predicted molar refractivity (Wildman–Crippen MR) is 107 cm³/mol. The summed E-state index contributed by atoms with van der Waals surface area (Å²) >= 11 is 6.28. The highest BCUT2D eigenvalue weighted by Crippen LogP contribution is 2.37. The fraction of sp³-hybridized carbons (Fsp3) is 0.238. The molecule has 0 aliphatic rings. The molecule has 0 heterocycles. The van der Waals surface area contributed by atoms with Crippen molar-refractivity contribution in [3.63, 3.8) is 0 Å². The van der Waals surface area contributed by atoms with E-state index in [2.05, 4.69) is 0 Å². The molecule has 6 nitrogen and oxygen atoms in total. The summed E-state index contributed by atoms with van der Waals surface area (Å²) in [5.41, 5.74) is 1.04. The van der Waals surface area contributed by atoms with Crippen molar-refractivity contribution in [1.82, 2.24) is 0 Å². The second-order valence-electron chi connectivity index (χ2n) is 6.11. The zero-order chi connectivity index (χ0) is 20.7. The van der Waals surface area contributed by atoms with Gasteiger partial charge in [-0.1, -0.05) is 29.8 Å². The van der Waals surface area contributed by atoms with Crippen LogP contribution in [-0.4, -0.2) is 36.7 Å². The number of methoxy groups -OCH3 is 1. The molecule has 0 bridgehead atoms. The third-order valence-corrected chi connectivity index (χ3v) is 3.79. The van der Waals surface area contributed by atoms with Crippen LogP contribution in [0.15, 0.2) is 42.5 Å². The number of rotatable bonds is 9. The predicted octanol–water partition coefficient (Wildman–Crippen LogP) is 4.50. The van der Waals surface area contributed by atoms with Crippen molar-refractivity contribution in [2.75, 3.05) is 13.7 Å². The van der Waals surface area contributed by atoms with E-state index in [1.807, 2.05) is 13.8 Å². The maximum absolute atomic E-state index is 12.4. The van der Waals surface area contributed by atoms with Crippen LogP contribution in [0.3, 0.4) is 0 Å². The molecule has 0 atom stereocenters. The first kappa shape index (κ1) is 21.3. The Morgan fingerprint density at radius 3 is 2.61 bits per heavy atom. The average molecular weight is 405 g/mol. The molecule has 0 saturated carbocycles. The lowest BCUT2D eigenvalue weighted by Crippen LogP contribution is -2.09. The number of hydrogen-bond acceptors (Lipinski definition) is 5. The molecule has 7 heteroatoms. The van der Waals surface area contributed by atoms with E-state index >= 15 is 0 Å². The van der Waals surface area contributed by atoms with Gasteiger partial charge in [0.05, 0.1) is 18.2 Å². The van der Waals surface area contributed by atoms with Gasteiger partial charge in [0, 0.05) is 5.56 Å². The number of ketones is 1. The fourth-order valence-electron chi connectivity index (χ4n) is 2.34. The first-order chi connectivity index (χ1) is 13.3. The van der Waals surface area contributed by atoms with Crippen molar-refractivity contribution < 1.29 is 28.9 Å². The summed E-state index contributed by atoms with van der Waals surface area (Å²) in [6.45, 7) is 3.30. The van der Waals surface area contributed by atoms with Crippen LogP contribution in [0.25, 0.3) is 6.08 Å². The second-order valence-corrected chi connectivity index (χ2v) is 6.52. The average Bonchev–Trinajstić information content (AvgIpc) is 2.66. The molecule has 0 fully saturated rings. The van der Waals surface area contributed by atoms with E-state index in [4.69, 9.17) is 30.9 Å². The molecule has 0 aliphatic carbocycles. The van der Waals surface area contributed by atoms with Crippen molar-refractivity contribution >= 4 is 29.4 Å². The molecule has 1 N–H and O–H groups in total. The second kappa shape index (κ2) is 9.80. The number of hydrogen-bond donors (Lipinski definition) is 1. The van der Waals surface area contributed by atoms with Crippen LogP contribution in [0.2, 0.25) is 5.02 Å². The van der Waals surface area contributed by atoms with Gasteiger partial charge in [0.1, 0.15) is 5.75 Å². The Labute approximate surface area is 168 Å². The number of carboxylic acids is 1. The van der Waals surface area contributed by atoms with Gasteiger partial charge in [-0.25, -0.2) is 4.79 Å². The standard InChI is InChI=1S/C21H21ClO6/c1-13(2)28-21-17(22)9-14(10-19(21)26-3)7-8-18(23)15-5-4-6-16(11-15)27-12-20(24)25/h4-11,13H,12H2,1-3H3,(H,24,25)/b8-7+. The van der Waals surface area contributed by atoms with E-state index in [-0.39, 0.29) is 11.9 Å². The van der Waals surface area contributed by atoms with Crippen molar-refractivity contribution in [3.8, 4) is 17.2 Å². The van der Waals surface area contributed by atoms with Gasteiger partial charge >= 0.3 is 5.97 Å². The van der Waals surface area contributed by atoms with E-state index in [1.54, 1.807) is 36.4 Å². The molecule has 28 heavy (non-hydrogen) atoms. The maximum Gasteiger partial charge on any atom is 0.341 e. The highest BCUT2D eigenvalue weighted by atomic mass is 35.5. The molecular formula is C21H21ClO6. The van der Waals surface area contributed by atoms with Crippen LogP contribution in [0, 0.1) is 0 Å². The van der Waals surface area contributed by atoms with Gasteiger partial charge in [-0.2, -0.15) is 0 Å². The Morgan fingerprint density at radius 1 is 1.21 bits per heavy atom. The van der Waals surface area contributed by atoms with Gasteiger partial charge in [0.15, 0.2) is 23.9 Å². The Morgan fingerprint density at radius 2 is 1.96 bits per heavy atom. The molecule has 2 aromatic carbocycles. The maximum atomic E-state index is 12.4. The summed E-state index contributed by atoms with van der Waals surface area (Å²) in [6, 6.07) is 9.71. The molecule has 2 aromatic rings. The van der Waals surface area contributed by atoms with Crippen LogP contribution in [0.5, 0.6) is 17.2 Å². The summed E-state index contributed by atoms with van der Waals surface area (Å²) in [5.74, 6) is -0.129. The number of aliphatic carboxylic acids is 1. The lowest BCUT2D eigenvalue weighted by Gasteiger charge is -2.15. The van der Waals surface area contributed by atoms with Gasteiger partial charge in [0.2, 0.25) is 0 Å². The highest BCUT2D eigenvalue weighted by Gasteiger charge is 2.13. The topological polar surface area (TPSA) is 82.1 Å². The molecule has 0 saturated heterocycles. The Bertz CT molecular complexity index is 888. The third-order valence-electron chi connectivity index (χ3n) is 3.51. The molecule has 0 aliphatic heterocycles. The SMILES string of the molecule is COc1cc(/C=C/C(=O)c2cccc(OCC(=O)O)c2)cc(Cl)c1OC(C)C. The molecule has 0 spiro atoms. The summed E-state index contributed by atoms with van der Waals surface area (Å²) < 4.78 is 16.1. The zero-order valence-electron chi connectivity index (χ0n) is 15.8. The van der Waals surface area contributed by atoms with E-state index < -0.39 is 12.6 Å². The van der Waals surface area contributed by atoms with Crippen LogP contribution < -0.4 is 14.2 Å². The molecule has 0 radical (unpaired) electrons. The zero-order valence-corrected chi connectivity index (χ0v) is 16.5. The first-order valence-electron chi connectivity index (χ1n) is 8.51. The summed E-state index contributed by atoms with van der Waals surface area (Å²) in [4.78, 5) is 23.0. The van der Waals surface area contributed by atoms with Gasteiger partial charge in [-0.05, 0) is 49.8 Å². The van der Waals surface area contributed by atoms with E-state index in [9.17, 15) is 9.59 Å². The van der Waals surface area contributed by atoms with Gasteiger partial charge < -0.3 is 19.3 Å². The number of carbonyl (C=O) groups excluding carboxylic acids is 1. The molecule has 0 amide bonds. The molecule has 148 valence electrons. The van der Waals surface area contributed by atoms with Crippen LogP contribution in [0.4, 0.5) is 0 Å². The van der Waals surface area contributed by atoms with E-state index in [0.717, 1.165) is 0 Å². The Hall–Kier alpha value is -2.99. The number of carboxylic acid groups (broad SMARTS) is 1. The van der Waals surface area contributed by atoms with Crippen molar-refractivity contribution in [2.45, 2.75) is 20.0 Å². The van der Waals surface area contributed by atoms with Gasteiger partial charge in [-0.3, -0.25) is 4.79 Å². The lowest BCUT2D eigenvalue weighted by atomic mass is 10.1. The third kappa shape index (κ3) is 6.03. The molecule has 0 aromatic heterocycles. The molecular weight excluding hydrogens is 384 g/mol.